The van der Waals surface area contributed by atoms with E-state index in [9.17, 15) is 0 Å². The minimum atomic E-state index is 0.137. The molecule has 0 aliphatic carbocycles. The number of para-hydroxylation sites is 1. The van der Waals surface area contributed by atoms with Crippen molar-refractivity contribution in [1.82, 2.24) is 25.5 Å². The zero-order valence-electron chi connectivity index (χ0n) is 12.1. The zero-order valence-corrected chi connectivity index (χ0v) is 12.1. The van der Waals surface area contributed by atoms with Gasteiger partial charge in [-0.3, -0.25) is 10.1 Å². The largest absolute Gasteiger partial charge is 0.307 e. The molecule has 0 saturated carbocycles. The highest BCUT2D eigenvalue weighted by atomic mass is 15.2. The highest BCUT2D eigenvalue weighted by Crippen LogP contribution is 2.21. The topological polar surface area (TPSA) is 66.5 Å². The Morgan fingerprint density at radius 2 is 2.10 bits per heavy atom. The summed E-state index contributed by atoms with van der Waals surface area (Å²) in [6.45, 7) is 3.11. The molecule has 0 aliphatic rings. The summed E-state index contributed by atoms with van der Waals surface area (Å²) in [6.07, 6.45) is 5.37. The molecule has 2 aromatic heterocycles. The van der Waals surface area contributed by atoms with Crippen molar-refractivity contribution in [2.45, 2.75) is 25.8 Å². The van der Waals surface area contributed by atoms with Gasteiger partial charge in [0, 0.05) is 11.6 Å². The number of hydrogen-bond acceptors (Lipinski definition) is 4. The fourth-order valence-electron chi connectivity index (χ4n) is 2.52. The molecule has 2 heterocycles. The Balaban J connectivity index is 1.90. The van der Waals surface area contributed by atoms with E-state index < -0.39 is 0 Å². The zero-order chi connectivity index (χ0) is 14.5. The van der Waals surface area contributed by atoms with Gasteiger partial charge in [-0.15, -0.1) is 0 Å². The highest BCUT2D eigenvalue weighted by molar-refractivity contribution is 5.81. The van der Waals surface area contributed by atoms with Gasteiger partial charge in [0.15, 0.2) is 0 Å². The van der Waals surface area contributed by atoms with E-state index in [-0.39, 0.29) is 6.04 Å². The number of hydrogen-bond donors (Lipinski definition) is 2. The highest BCUT2D eigenvalue weighted by Gasteiger charge is 2.15. The molecule has 1 atom stereocenters. The summed E-state index contributed by atoms with van der Waals surface area (Å²) < 4.78 is 0. The van der Waals surface area contributed by atoms with Crippen molar-refractivity contribution < 1.29 is 0 Å². The summed E-state index contributed by atoms with van der Waals surface area (Å²) in [6, 6.07) is 10.5. The van der Waals surface area contributed by atoms with Crippen molar-refractivity contribution in [2.75, 3.05) is 6.54 Å². The van der Waals surface area contributed by atoms with Crippen LogP contribution < -0.4 is 5.32 Å². The smallest absolute Gasteiger partial charge is 0.141 e. The molecule has 0 aliphatic heterocycles. The van der Waals surface area contributed by atoms with E-state index in [1.54, 1.807) is 6.33 Å². The number of benzene rings is 1. The van der Waals surface area contributed by atoms with Crippen LogP contribution in [0.15, 0.2) is 42.9 Å². The first kappa shape index (κ1) is 13.7. The van der Waals surface area contributed by atoms with E-state index >= 15 is 0 Å². The molecular weight excluding hydrogens is 262 g/mol. The number of rotatable bonds is 6. The Labute approximate surface area is 123 Å². The maximum Gasteiger partial charge on any atom is 0.141 e. The maximum atomic E-state index is 4.42. The average molecular weight is 281 g/mol. The molecule has 0 amide bonds. The summed E-state index contributed by atoms with van der Waals surface area (Å²) in [5.41, 5.74) is 2.30. The second-order valence-electron chi connectivity index (χ2n) is 5.07. The SMILES string of the molecule is CCCNC(Cc1ccnc2ccccc12)c1ncn[nH]1. The molecular formula is C16H19N5. The van der Waals surface area contributed by atoms with E-state index in [4.69, 9.17) is 0 Å². The maximum absolute atomic E-state index is 4.42. The number of aromatic nitrogens is 4. The Hall–Kier alpha value is -2.27. The molecule has 1 aromatic carbocycles. The van der Waals surface area contributed by atoms with Gasteiger partial charge in [-0.05, 0) is 37.1 Å². The number of nitrogens with zero attached hydrogens (tertiary/aromatic N) is 3. The van der Waals surface area contributed by atoms with Gasteiger partial charge < -0.3 is 5.32 Å². The third kappa shape index (κ3) is 3.08. The van der Waals surface area contributed by atoms with E-state index in [1.807, 2.05) is 18.3 Å². The Kier molecular flexibility index (Phi) is 4.21. The second-order valence-corrected chi connectivity index (χ2v) is 5.07. The average Bonchev–Trinajstić information content (AvgIpc) is 3.06. The van der Waals surface area contributed by atoms with E-state index in [0.717, 1.165) is 30.7 Å². The van der Waals surface area contributed by atoms with Crippen molar-refractivity contribution in [3.8, 4) is 0 Å². The first-order chi connectivity index (χ1) is 10.4. The molecule has 0 spiro atoms. The lowest BCUT2D eigenvalue weighted by atomic mass is 10.0. The van der Waals surface area contributed by atoms with Gasteiger partial charge in [-0.25, -0.2) is 4.98 Å². The van der Waals surface area contributed by atoms with Crippen LogP contribution in [0.25, 0.3) is 10.9 Å². The van der Waals surface area contributed by atoms with Crippen molar-refractivity contribution >= 4 is 10.9 Å². The van der Waals surface area contributed by atoms with Gasteiger partial charge in [-0.2, -0.15) is 5.10 Å². The van der Waals surface area contributed by atoms with Gasteiger partial charge in [-0.1, -0.05) is 25.1 Å². The molecule has 5 heteroatoms. The lowest BCUT2D eigenvalue weighted by molar-refractivity contribution is 0.507. The van der Waals surface area contributed by atoms with Crippen LogP contribution in [0.5, 0.6) is 0 Å². The number of nitrogens with one attached hydrogen (secondary N) is 2. The third-order valence-corrected chi connectivity index (χ3v) is 3.57. The summed E-state index contributed by atoms with van der Waals surface area (Å²) in [5, 5.41) is 11.7. The lowest BCUT2D eigenvalue weighted by Gasteiger charge is -2.17. The molecule has 0 saturated heterocycles. The molecule has 0 bridgehead atoms. The van der Waals surface area contributed by atoms with Gasteiger partial charge in [0.2, 0.25) is 0 Å². The minimum Gasteiger partial charge on any atom is -0.307 e. The first-order valence-electron chi connectivity index (χ1n) is 7.29. The number of H-pyrrole nitrogens is 1. The molecule has 3 aromatic rings. The second kappa shape index (κ2) is 6.45. The first-order valence-corrected chi connectivity index (χ1v) is 7.29. The lowest BCUT2D eigenvalue weighted by Crippen LogP contribution is -2.25. The van der Waals surface area contributed by atoms with Crippen molar-refractivity contribution in [1.29, 1.82) is 0 Å². The normalized spacial score (nSPS) is 12.6. The summed E-state index contributed by atoms with van der Waals surface area (Å²) in [7, 11) is 0. The predicted octanol–water partition coefficient (Wildman–Crippen LogP) is 2.64. The van der Waals surface area contributed by atoms with E-state index in [2.05, 4.69) is 50.6 Å². The third-order valence-electron chi connectivity index (χ3n) is 3.57. The Morgan fingerprint density at radius 1 is 1.19 bits per heavy atom. The van der Waals surface area contributed by atoms with Gasteiger partial charge in [0.25, 0.3) is 0 Å². The molecule has 0 fully saturated rings. The van der Waals surface area contributed by atoms with Crippen molar-refractivity contribution in [2.24, 2.45) is 0 Å². The molecule has 5 nitrogen and oxygen atoms in total. The molecule has 1 unspecified atom stereocenters. The van der Waals surface area contributed by atoms with Crippen molar-refractivity contribution in [3.05, 3.63) is 54.2 Å². The van der Waals surface area contributed by atoms with Crippen molar-refractivity contribution in [3.63, 3.8) is 0 Å². The van der Waals surface area contributed by atoms with Crippen LogP contribution in [0.2, 0.25) is 0 Å². The molecule has 2 N–H and O–H groups in total. The number of fused-ring (bicyclic) bond motifs is 1. The van der Waals surface area contributed by atoms with E-state index in [0.29, 0.717) is 0 Å². The summed E-state index contributed by atoms with van der Waals surface area (Å²) in [5.74, 6) is 0.879. The van der Waals surface area contributed by atoms with Crippen LogP contribution in [0.3, 0.4) is 0 Å². The summed E-state index contributed by atoms with van der Waals surface area (Å²) in [4.78, 5) is 8.72. The van der Waals surface area contributed by atoms with Crippen LogP contribution in [-0.2, 0) is 6.42 Å². The standard InChI is InChI=1S/C16H19N5/c1-2-8-17-15(16-19-11-20-21-16)10-12-7-9-18-14-6-4-3-5-13(12)14/h3-7,9,11,15,17H,2,8,10H2,1H3,(H,19,20,21). The minimum absolute atomic E-state index is 0.137. The van der Waals surface area contributed by atoms with Gasteiger partial charge in [0.05, 0.1) is 11.6 Å². The summed E-state index contributed by atoms with van der Waals surface area (Å²) >= 11 is 0. The Morgan fingerprint density at radius 3 is 2.90 bits per heavy atom. The van der Waals surface area contributed by atoms with Crippen LogP contribution in [-0.4, -0.2) is 26.7 Å². The van der Waals surface area contributed by atoms with Crippen LogP contribution in [0, 0.1) is 0 Å². The Bertz CT molecular complexity index is 687. The van der Waals surface area contributed by atoms with Gasteiger partial charge >= 0.3 is 0 Å². The predicted molar refractivity (Wildman–Crippen MR) is 82.9 cm³/mol. The number of aromatic amines is 1. The molecule has 108 valence electrons. The fourth-order valence-corrected chi connectivity index (χ4v) is 2.52. The van der Waals surface area contributed by atoms with Gasteiger partial charge in [0.1, 0.15) is 12.2 Å². The monoisotopic (exact) mass is 281 g/mol. The quantitative estimate of drug-likeness (QED) is 0.729. The van der Waals surface area contributed by atoms with Crippen LogP contribution >= 0.6 is 0 Å². The number of pyridine rings is 1. The molecule has 3 rings (SSSR count). The van der Waals surface area contributed by atoms with E-state index in [1.165, 1.54) is 10.9 Å². The van der Waals surface area contributed by atoms with Crippen LogP contribution in [0.1, 0.15) is 30.8 Å². The molecule has 21 heavy (non-hydrogen) atoms. The molecule has 0 radical (unpaired) electrons. The van der Waals surface area contributed by atoms with Crippen LogP contribution in [0.4, 0.5) is 0 Å². The fraction of sp³-hybridized carbons (Fsp3) is 0.312.